The first-order valence-corrected chi connectivity index (χ1v) is 8.64. The van der Waals surface area contributed by atoms with Crippen molar-refractivity contribution in [2.24, 2.45) is 0 Å². The number of benzene rings is 2. The molecular weight excluding hydrogens is 334 g/mol. The summed E-state index contributed by atoms with van der Waals surface area (Å²) in [5, 5.41) is 16.0. The number of rotatable bonds is 3. The van der Waals surface area contributed by atoms with Gasteiger partial charge in [-0.1, -0.05) is 30.3 Å². The second-order valence-electron chi connectivity index (χ2n) is 5.68. The van der Waals surface area contributed by atoms with E-state index < -0.39 is 0 Å². The number of phenolic OH excluding ortho intramolecular Hbond substituents is 1. The van der Waals surface area contributed by atoms with Crippen molar-refractivity contribution in [3.05, 3.63) is 65.2 Å². The Balaban J connectivity index is 1.65. The van der Waals surface area contributed by atoms with E-state index in [1.54, 1.807) is 18.2 Å². The Labute approximate surface area is 148 Å². The quantitative estimate of drug-likeness (QED) is 0.507. The number of H-pyrrole nitrogens is 1. The Bertz CT molecular complexity index is 1080. The van der Waals surface area contributed by atoms with Crippen molar-refractivity contribution in [3.8, 4) is 17.0 Å². The van der Waals surface area contributed by atoms with Gasteiger partial charge in [0.25, 0.3) is 5.91 Å². The summed E-state index contributed by atoms with van der Waals surface area (Å²) >= 11 is 1.36. The zero-order valence-electron chi connectivity index (χ0n) is 13.4. The van der Waals surface area contributed by atoms with Gasteiger partial charge in [0, 0.05) is 27.5 Å². The summed E-state index contributed by atoms with van der Waals surface area (Å²) in [5.41, 5.74) is 4.16. The largest absolute Gasteiger partial charge is 0.507 e. The number of nitrogens with one attached hydrogen (secondary N) is 2. The summed E-state index contributed by atoms with van der Waals surface area (Å²) in [7, 11) is 0. The van der Waals surface area contributed by atoms with Crippen LogP contribution >= 0.6 is 11.3 Å². The molecule has 0 bridgehead atoms. The number of hydrogen-bond donors (Lipinski definition) is 3. The number of aryl methyl sites for hydroxylation is 1. The van der Waals surface area contributed by atoms with Gasteiger partial charge in [0.2, 0.25) is 0 Å². The first kappa shape index (κ1) is 15.4. The summed E-state index contributed by atoms with van der Waals surface area (Å²) in [6.45, 7) is 2.01. The first-order valence-electron chi connectivity index (χ1n) is 7.76. The van der Waals surface area contributed by atoms with Crippen LogP contribution in [-0.2, 0) is 0 Å². The van der Waals surface area contributed by atoms with Gasteiger partial charge in [-0.3, -0.25) is 10.1 Å². The molecule has 124 valence electrons. The van der Waals surface area contributed by atoms with Crippen LogP contribution in [0.25, 0.3) is 22.2 Å². The Morgan fingerprint density at radius 3 is 2.76 bits per heavy atom. The van der Waals surface area contributed by atoms with Crippen LogP contribution in [-0.4, -0.2) is 21.0 Å². The van der Waals surface area contributed by atoms with Crippen LogP contribution in [0.3, 0.4) is 0 Å². The molecule has 0 radical (unpaired) electrons. The number of aromatic amines is 1. The lowest BCUT2D eigenvalue weighted by atomic mass is 10.1. The number of aromatic nitrogens is 2. The molecule has 4 aromatic rings. The standard InChI is InChI=1S/C19H15N3O2S/c1-11-17(12-6-2-4-8-14(12)20-11)15-10-25-19(21-15)22-18(24)13-7-3-5-9-16(13)23/h2-10,20,23H,1H3,(H,21,22,24). The zero-order valence-corrected chi connectivity index (χ0v) is 14.2. The fraction of sp³-hybridized carbons (Fsp3) is 0.0526. The number of phenols is 1. The molecule has 3 N–H and O–H groups in total. The number of aromatic hydroxyl groups is 1. The molecule has 0 atom stereocenters. The van der Waals surface area contributed by atoms with Crippen molar-refractivity contribution in [1.82, 2.24) is 9.97 Å². The third kappa shape index (κ3) is 2.77. The van der Waals surface area contributed by atoms with Gasteiger partial charge in [-0.25, -0.2) is 4.98 Å². The molecule has 2 aromatic heterocycles. The van der Waals surface area contributed by atoms with Gasteiger partial charge in [0.1, 0.15) is 5.75 Å². The highest BCUT2D eigenvalue weighted by atomic mass is 32.1. The van der Waals surface area contributed by atoms with E-state index in [9.17, 15) is 9.90 Å². The van der Waals surface area contributed by atoms with E-state index in [0.717, 1.165) is 27.9 Å². The lowest BCUT2D eigenvalue weighted by Gasteiger charge is -2.03. The molecule has 6 heteroatoms. The van der Waals surface area contributed by atoms with E-state index >= 15 is 0 Å². The number of carbonyl (C=O) groups is 1. The molecule has 0 aliphatic rings. The fourth-order valence-electron chi connectivity index (χ4n) is 2.88. The Morgan fingerprint density at radius 2 is 1.92 bits per heavy atom. The van der Waals surface area contributed by atoms with Crippen molar-refractivity contribution >= 4 is 33.3 Å². The van der Waals surface area contributed by atoms with Crippen LogP contribution in [0.5, 0.6) is 5.75 Å². The van der Waals surface area contributed by atoms with E-state index in [-0.39, 0.29) is 17.2 Å². The molecule has 2 aromatic carbocycles. The molecule has 5 nitrogen and oxygen atoms in total. The molecule has 2 heterocycles. The predicted octanol–water partition coefficient (Wildman–Crippen LogP) is 4.56. The molecule has 0 unspecified atom stereocenters. The van der Waals surface area contributed by atoms with Gasteiger partial charge in [0.05, 0.1) is 11.3 Å². The molecule has 0 fully saturated rings. The van der Waals surface area contributed by atoms with Gasteiger partial charge < -0.3 is 10.1 Å². The maximum Gasteiger partial charge on any atom is 0.261 e. The minimum atomic E-state index is -0.380. The van der Waals surface area contributed by atoms with Gasteiger partial charge in [-0.15, -0.1) is 11.3 Å². The molecule has 0 aliphatic carbocycles. The topological polar surface area (TPSA) is 78.0 Å². The minimum absolute atomic E-state index is 0.0516. The Hall–Kier alpha value is -3.12. The van der Waals surface area contributed by atoms with Crippen LogP contribution in [0, 0.1) is 6.92 Å². The van der Waals surface area contributed by atoms with Gasteiger partial charge in [-0.2, -0.15) is 0 Å². The highest BCUT2D eigenvalue weighted by Gasteiger charge is 2.16. The van der Waals surface area contributed by atoms with Crippen LogP contribution < -0.4 is 5.32 Å². The zero-order chi connectivity index (χ0) is 17.4. The number of carbonyl (C=O) groups excluding carboxylic acids is 1. The summed E-state index contributed by atoms with van der Waals surface area (Å²) in [6.07, 6.45) is 0. The van der Waals surface area contributed by atoms with Gasteiger partial charge in [-0.05, 0) is 25.1 Å². The number of nitrogens with zero attached hydrogens (tertiary/aromatic N) is 1. The number of amides is 1. The number of hydrogen-bond acceptors (Lipinski definition) is 4. The van der Waals surface area contributed by atoms with Gasteiger partial charge in [0.15, 0.2) is 5.13 Å². The van der Waals surface area contributed by atoms with Crippen molar-refractivity contribution < 1.29 is 9.90 Å². The lowest BCUT2D eigenvalue weighted by Crippen LogP contribution is -2.11. The molecule has 0 saturated heterocycles. The number of para-hydroxylation sites is 2. The maximum absolute atomic E-state index is 12.3. The Kier molecular flexibility index (Phi) is 3.74. The normalized spacial score (nSPS) is 10.9. The molecule has 1 amide bonds. The van der Waals surface area contributed by atoms with E-state index in [1.807, 2.05) is 36.6 Å². The number of thiazole rings is 1. The minimum Gasteiger partial charge on any atom is -0.507 e. The van der Waals surface area contributed by atoms with Crippen LogP contribution in [0.1, 0.15) is 16.1 Å². The molecule has 0 spiro atoms. The van der Waals surface area contributed by atoms with E-state index in [1.165, 1.54) is 17.4 Å². The molecule has 4 rings (SSSR count). The highest BCUT2D eigenvalue weighted by molar-refractivity contribution is 7.14. The third-order valence-corrected chi connectivity index (χ3v) is 4.78. The van der Waals surface area contributed by atoms with Crippen LogP contribution in [0.2, 0.25) is 0 Å². The second-order valence-corrected chi connectivity index (χ2v) is 6.54. The predicted molar refractivity (Wildman–Crippen MR) is 100 cm³/mol. The van der Waals surface area contributed by atoms with E-state index in [4.69, 9.17) is 0 Å². The summed E-state index contributed by atoms with van der Waals surface area (Å²) in [6, 6.07) is 14.5. The number of fused-ring (bicyclic) bond motifs is 1. The SMILES string of the molecule is Cc1[nH]c2ccccc2c1-c1csc(NC(=O)c2ccccc2O)n1. The van der Waals surface area contributed by atoms with Crippen LogP contribution in [0.4, 0.5) is 5.13 Å². The van der Waals surface area contributed by atoms with E-state index in [2.05, 4.69) is 15.3 Å². The lowest BCUT2D eigenvalue weighted by molar-refractivity contribution is 0.102. The first-order chi connectivity index (χ1) is 12.1. The fourth-order valence-corrected chi connectivity index (χ4v) is 3.58. The monoisotopic (exact) mass is 349 g/mol. The third-order valence-electron chi connectivity index (χ3n) is 4.02. The smallest absolute Gasteiger partial charge is 0.261 e. The van der Waals surface area contributed by atoms with Crippen molar-refractivity contribution in [3.63, 3.8) is 0 Å². The van der Waals surface area contributed by atoms with Gasteiger partial charge >= 0.3 is 0 Å². The average Bonchev–Trinajstić information content (AvgIpc) is 3.18. The summed E-state index contributed by atoms with van der Waals surface area (Å²) < 4.78 is 0. The average molecular weight is 349 g/mol. The molecule has 0 aliphatic heterocycles. The number of anilines is 1. The summed E-state index contributed by atoms with van der Waals surface area (Å²) in [4.78, 5) is 20.2. The van der Waals surface area contributed by atoms with Crippen molar-refractivity contribution in [1.29, 1.82) is 0 Å². The molecular formula is C19H15N3O2S. The molecule has 25 heavy (non-hydrogen) atoms. The van der Waals surface area contributed by atoms with Crippen molar-refractivity contribution in [2.75, 3.05) is 5.32 Å². The Morgan fingerprint density at radius 1 is 1.16 bits per heavy atom. The highest BCUT2D eigenvalue weighted by Crippen LogP contribution is 2.34. The molecule has 0 saturated carbocycles. The summed E-state index contributed by atoms with van der Waals surface area (Å²) in [5.74, 6) is -0.432. The maximum atomic E-state index is 12.3. The second kappa shape index (κ2) is 6.07. The van der Waals surface area contributed by atoms with Crippen LogP contribution in [0.15, 0.2) is 53.9 Å². The van der Waals surface area contributed by atoms with Crippen molar-refractivity contribution in [2.45, 2.75) is 6.92 Å². The van der Waals surface area contributed by atoms with E-state index in [0.29, 0.717) is 5.13 Å².